The highest BCUT2D eigenvalue weighted by Crippen LogP contribution is 2.29. The number of anilines is 2. The predicted octanol–water partition coefficient (Wildman–Crippen LogP) is -4.27. The summed E-state index contributed by atoms with van der Waals surface area (Å²) in [5.41, 5.74) is 0.751. The summed E-state index contributed by atoms with van der Waals surface area (Å²) in [7, 11) is 0. The molecule has 1 rings (SSSR count). The van der Waals surface area contributed by atoms with E-state index >= 15 is 0 Å². The molecule has 14 heteroatoms. The molecule has 36 heavy (non-hydrogen) atoms. The fraction of sp³-hybridized carbons (Fsp3) is 0.545. The SMILES string of the molecule is O=C(CN(CC(=O)NCCO)c1ccccc1N(CC(=O)NCCO)CC(=O)NCCO)NCCO. The molecule has 0 bridgehead atoms. The molecule has 0 aromatic heterocycles. The molecule has 0 saturated carbocycles. The van der Waals surface area contributed by atoms with Gasteiger partial charge in [0, 0.05) is 26.2 Å². The van der Waals surface area contributed by atoms with E-state index in [1.54, 1.807) is 24.3 Å². The van der Waals surface area contributed by atoms with Gasteiger partial charge in [0.25, 0.3) is 0 Å². The third-order valence-electron chi connectivity index (χ3n) is 4.64. The Hall–Kier alpha value is -3.46. The molecular formula is C22H36N6O8. The van der Waals surface area contributed by atoms with Gasteiger partial charge in [0.15, 0.2) is 0 Å². The Morgan fingerprint density at radius 3 is 1.00 bits per heavy atom. The van der Waals surface area contributed by atoms with Crippen molar-refractivity contribution in [2.75, 3.05) is 88.6 Å². The largest absolute Gasteiger partial charge is 0.395 e. The zero-order valence-electron chi connectivity index (χ0n) is 20.1. The molecule has 8 N–H and O–H groups in total. The first-order valence-electron chi connectivity index (χ1n) is 11.4. The van der Waals surface area contributed by atoms with Crippen LogP contribution < -0.4 is 31.1 Å². The van der Waals surface area contributed by atoms with E-state index in [-0.39, 0.29) is 78.8 Å². The van der Waals surface area contributed by atoms with Gasteiger partial charge in [0.1, 0.15) is 0 Å². The van der Waals surface area contributed by atoms with Crippen molar-refractivity contribution in [3.63, 3.8) is 0 Å². The molecule has 1 aromatic carbocycles. The summed E-state index contributed by atoms with van der Waals surface area (Å²) in [6.07, 6.45) is 0. The lowest BCUT2D eigenvalue weighted by Crippen LogP contribution is -2.46. The average Bonchev–Trinajstić information content (AvgIpc) is 2.87. The number of rotatable bonds is 18. The summed E-state index contributed by atoms with van der Waals surface area (Å²) in [5, 5.41) is 46.0. The Morgan fingerprint density at radius 2 is 0.778 bits per heavy atom. The topological polar surface area (TPSA) is 204 Å². The maximum absolute atomic E-state index is 12.4. The number of para-hydroxylation sites is 2. The van der Waals surface area contributed by atoms with Crippen molar-refractivity contribution in [2.45, 2.75) is 0 Å². The maximum atomic E-state index is 12.4. The van der Waals surface area contributed by atoms with Gasteiger partial charge >= 0.3 is 0 Å². The first kappa shape index (κ1) is 30.6. The van der Waals surface area contributed by atoms with Crippen molar-refractivity contribution in [3.05, 3.63) is 24.3 Å². The van der Waals surface area contributed by atoms with E-state index < -0.39 is 23.6 Å². The molecule has 0 atom stereocenters. The Kier molecular flexibility index (Phi) is 15.2. The van der Waals surface area contributed by atoms with E-state index in [1.807, 2.05) is 0 Å². The Balaban J connectivity index is 3.32. The van der Waals surface area contributed by atoms with E-state index in [4.69, 9.17) is 20.4 Å². The summed E-state index contributed by atoms with van der Waals surface area (Å²) in [4.78, 5) is 52.6. The van der Waals surface area contributed by atoms with Gasteiger partial charge in [-0.15, -0.1) is 0 Å². The van der Waals surface area contributed by atoms with Crippen molar-refractivity contribution >= 4 is 35.0 Å². The molecule has 0 fully saturated rings. The summed E-state index contributed by atoms with van der Waals surface area (Å²) < 4.78 is 0. The van der Waals surface area contributed by atoms with Crippen LogP contribution in [0.4, 0.5) is 11.4 Å². The molecule has 0 aliphatic heterocycles. The van der Waals surface area contributed by atoms with Crippen LogP contribution in [0.15, 0.2) is 24.3 Å². The fourth-order valence-corrected chi connectivity index (χ4v) is 3.15. The number of hydrogen-bond acceptors (Lipinski definition) is 10. The number of carbonyl (C=O) groups is 4. The lowest BCUT2D eigenvalue weighted by atomic mass is 10.2. The molecule has 0 unspecified atom stereocenters. The second kappa shape index (κ2) is 17.9. The van der Waals surface area contributed by atoms with E-state index in [2.05, 4.69) is 21.3 Å². The van der Waals surface area contributed by atoms with Crippen LogP contribution in [0.3, 0.4) is 0 Å². The number of aliphatic hydroxyl groups excluding tert-OH is 4. The van der Waals surface area contributed by atoms with Gasteiger partial charge < -0.3 is 51.5 Å². The molecule has 202 valence electrons. The summed E-state index contributed by atoms with van der Waals surface area (Å²) in [5.74, 6) is -1.88. The van der Waals surface area contributed by atoms with Gasteiger partial charge in [0.05, 0.1) is 64.0 Å². The van der Waals surface area contributed by atoms with E-state index in [1.165, 1.54) is 9.80 Å². The number of carbonyl (C=O) groups excluding carboxylic acids is 4. The van der Waals surface area contributed by atoms with Crippen LogP contribution in [-0.2, 0) is 19.2 Å². The van der Waals surface area contributed by atoms with Gasteiger partial charge in [-0.05, 0) is 12.1 Å². The van der Waals surface area contributed by atoms with Crippen LogP contribution in [0.5, 0.6) is 0 Å². The minimum Gasteiger partial charge on any atom is -0.395 e. The van der Waals surface area contributed by atoms with Gasteiger partial charge in [-0.3, -0.25) is 19.2 Å². The highest BCUT2D eigenvalue weighted by Gasteiger charge is 2.23. The molecule has 0 aliphatic carbocycles. The smallest absolute Gasteiger partial charge is 0.239 e. The van der Waals surface area contributed by atoms with Crippen LogP contribution in [0.2, 0.25) is 0 Å². The van der Waals surface area contributed by atoms with Crippen molar-refractivity contribution in [2.24, 2.45) is 0 Å². The Labute approximate surface area is 209 Å². The second-order valence-electron chi connectivity index (χ2n) is 7.50. The van der Waals surface area contributed by atoms with Crippen LogP contribution in [0, 0.1) is 0 Å². The van der Waals surface area contributed by atoms with E-state index in [0.29, 0.717) is 11.4 Å². The van der Waals surface area contributed by atoms with Crippen LogP contribution in [-0.4, -0.2) is 123 Å². The highest BCUT2D eigenvalue weighted by atomic mass is 16.3. The predicted molar refractivity (Wildman–Crippen MR) is 131 cm³/mol. The molecule has 14 nitrogen and oxygen atoms in total. The third-order valence-corrected chi connectivity index (χ3v) is 4.64. The Bertz CT molecular complexity index is 730. The molecule has 4 amide bonds. The minimum absolute atomic E-state index is 0.0210. The fourth-order valence-electron chi connectivity index (χ4n) is 3.15. The third kappa shape index (κ3) is 11.8. The molecule has 0 saturated heterocycles. The van der Waals surface area contributed by atoms with Crippen LogP contribution in [0.25, 0.3) is 0 Å². The lowest BCUT2D eigenvalue weighted by molar-refractivity contribution is -0.122. The number of aliphatic hydroxyl groups is 4. The van der Waals surface area contributed by atoms with Gasteiger partial charge in [0.2, 0.25) is 23.6 Å². The van der Waals surface area contributed by atoms with Crippen molar-refractivity contribution in [1.29, 1.82) is 0 Å². The standard InChI is InChI=1S/C22H36N6O8/c29-9-5-23-19(33)13-27(14-20(34)24-6-10-30)17-3-1-2-4-18(17)28(15-21(35)25-7-11-31)16-22(36)26-8-12-32/h1-4,29-32H,5-16H2,(H,23,33)(H,24,34)(H,25,35)(H,26,36). The molecule has 0 radical (unpaired) electrons. The normalized spacial score (nSPS) is 10.3. The first-order chi connectivity index (χ1) is 17.4. The number of hydrogen-bond donors (Lipinski definition) is 8. The monoisotopic (exact) mass is 512 g/mol. The van der Waals surface area contributed by atoms with Crippen molar-refractivity contribution in [3.8, 4) is 0 Å². The minimum atomic E-state index is -0.471. The quantitative estimate of drug-likeness (QED) is 0.0951. The number of amides is 4. The van der Waals surface area contributed by atoms with E-state index in [0.717, 1.165) is 0 Å². The number of benzene rings is 1. The van der Waals surface area contributed by atoms with Crippen molar-refractivity contribution < 1.29 is 39.6 Å². The molecule has 0 aliphatic rings. The lowest BCUT2D eigenvalue weighted by Gasteiger charge is -2.31. The number of nitrogens with one attached hydrogen (secondary N) is 4. The second-order valence-corrected chi connectivity index (χ2v) is 7.50. The zero-order chi connectivity index (χ0) is 26.8. The molecular weight excluding hydrogens is 476 g/mol. The number of nitrogens with zero attached hydrogens (tertiary/aromatic N) is 2. The molecule has 0 heterocycles. The van der Waals surface area contributed by atoms with Gasteiger partial charge in [-0.1, -0.05) is 12.1 Å². The molecule has 1 aromatic rings. The maximum Gasteiger partial charge on any atom is 0.239 e. The summed E-state index contributed by atoms with van der Waals surface area (Å²) in [6.45, 7) is -2.07. The molecule has 0 spiro atoms. The Morgan fingerprint density at radius 1 is 0.528 bits per heavy atom. The average molecular weight is 513 g/mol. The van der Waals surface area contributed by atoms with Crippen molar-refractivity contribution in [1.82, 2.24) is 21.3 Å². The van der Waals surface area contributed by atoms with Gasteiger partial charge in [-0.2, -0.15) is 0 Å². The highest BCUT2D eigenvalue weighted by molar-refractivity contribution is 5.92. The van der Waals surface area contributed by atoms with Crippen LogP contribution >= 0.6 is 0 Å². The van der Waals surface area contributed by atoms with Crippen LogP contribution in [0.1, 0.15) is 0 Å². The summed E-state index contributed by atoms with van der Waals surface area (Å²) in [6, 6.07) is 6.58. The summed E-state index contributed by atoms with van der Waals surface area (Å²) >= 11 is 0. The van der Waals surface area contributed by atoms with Gasteiger partial charge in [-0.25, -0.2) is 0 Å². The van der Waals surface area contributed by atoms with E-state index in [9.17, 15) is 19.2 Å². The first-order valence-corrected chi connectivity index (χ1v) is 11.4. The zero-order valence-corrected chi connectivity index (χ0v) is 20.1.